The average molecular weight is 310 g/mol. The summed E-state index contributed by atoms with van der Waals surface area (Å²) in [5.41, 5.74) is 0.122. The molecule has 0 fully saturated rings. The third-order valence-corrected chi connectivity index (χ3v) is 3.44. The summed E-state index contributed by atoms with van der Waals surface area (Å²) in [4.78, 5) is 29.5. The molecule has 0 aliphatic carbocycles. The molecule has 0 saturated heterocycles. The number of unbranched alkanes of at least 4 members (excludes halogenated alkanes) is 3. The first-order valence-corrected chi connectivity index (χ1v) is 7.81. The second-order valence-corrected chi connectivity index (χ2v) is 5.54. The molecule has 1 rings (SSSR count). The van der Waals surface area contributed by atoms with E-state index in [1.165, 1.54) is 13.4 Å². The molecule has 0 radical (unpaired) electrons. The van der Waals surface area contributed by atoms with Crippen LogP contribution in [0.3, 0.4) is 0 Å². The molecule has 6 heteroatoms. The number of carbonyl (C=O) groups excluding carboxylic acids is 2. The molecule has 0 saturated carbocycles. The van der Waals surface area contributed by atoms with Crippen molar-refractivity contribution in [2.45, 2.75) is 65.5 Å². The minimum atomic E-state index is -0.544. The van der Waals surface area contributed by atoms with Gasteiger partial charge in [0.05, 0.1) is 13.7 Å². The van der Waals surface area contributed by atoms with Crippen molar-refractivity contribution in [1.29, 1.82) is 0 Å². The van der Waals surface area contributed by atoms with E-state index in [4.69, 9.17) is 4.42 Å². The van der Waals surface area contributed by atoms with E-state index in [0.717, 1.165) is 25.7 Å². The second-order valence-electron chi connectivity index (χ2n) is 5.54. The Kier molecular flexibility index (Phi) is 7.63. The van der Waals surface area contributed by atoms with Gasteiger partial charge in [-0.15, -0.1) is 0 Å². The summed E-state index contributed by atoms with van der Waals surface area (Å²) in [7, 11) is 1.29. The van der Waals surface area contributed by atoms with Gasteiger partial charge in [-0.1, -0.05) is 26.2 Å². The number of aromatic nitrogens is 1. The van der Waals surface area contributed by atoms with E-state index in [1.807, 2.05) is 13.8 Å². The van der Waals surface area contributed by atoms with Gasteiger partial charge < -0.3 is 14.1 Å². The first kappa shape index (κ1) is 18.2. The largest absolute Gasteiger partial charge is 0.464 e. The van der Waals surface area contributed by atoms with Crippen LogP contribution < -0.4 is 0 Å². The Balaban J connectivity index is 2.61. The fourth-order valence-electron chi connectivity index (χ4n) is 2.13. The van der Waals surface area contributed by atoms with Crippen molar-refractivity contribution in [2.75, 3.05) is 7.11 Å². The zero-order chi connectivity index (χ0) is 16.5. The average Bonchev–Trinajstić information content (AvgIpc) is 2.96. The summed E-state index contributed by atoms with van der Waals surface area (Å²) < 4.78 is 9.84. The Morgan fingerprint density at radius 1 is 1.32 bits per heavy atom. The fraction of sp³-hybridized carbons (Fsp3) is 0.688. The molecule has 0 N–H and O–H groups in total. The first-order chi connectivity index (χ1) is 10.5. The highest BCUT2D eigenvalue weighted by Crippen LogP contribution is 2.13. The van der Waals surface area contributed by atoms with Gasteiger partial charge >= 0.3 is 5.97 Å². The Morgan fingerprint density at radius 3 is 2.64 bits per heavy atom. The van der Waals surface area contributed by atoms with E-state index in [1.54, 1.807) is 4.90 Å². The van der Waals surface area contributed by atoms with Gasteiger partial charge in [0.2, 0.25) is 11.8 Å². The number of hydrogen-bond donors (Lipinski definition) is 0. The van der Waals surface area contributed by atoms with Gasteiger partial charge in [-0.25, -0.2) is 9.78 Å². The number of rotatable bonds is 9. The predicted octanol–water partition coefficient (Wildman–Crippen LogP) is 3.17. The molecule has 124 valence electrons. The van der Waals surface area contributed by atoms with Crippen molar-refractivity contribution in [3.8, 4) is 0 Å². The lowest BCUT2D eigenvalue weighted by Gasteiger charge is -2.25. The molecule has 1 heterocycles. The third kappa shape index (κ3) is 5.50. The third-order valence-electron chi connectivity index (χ3n) is 3.44. The van der Waals surface area contributed by atoms with E-state index >= 15 is 0 Å². The molecule has 0 aliphatic heterocycles. The smallest absolute Gasteiger partial charge is 0.360 e. The summed E-state index contributed by atoms with van der Waals surface area (Å²) in [5, 5.41) is 0. The van der Waals surface area contributed by atoms with Crippen LogP contribution in [0.25, 0.3) is 0 Å². The number of hydrogen-bond acceptors (Lipinski definition) is 5. The van der Waals surface area contributed by atoms with Gasteiger partial charge in [0, 0.05) is 12.5 Å². The van der Waals surface area contributed by atoms with Crippen molar-refractivity contribution < 1.29 is 18.7 Å². The van der Waals surface area contributed by atoms with Crippen LogP contribution in [0.5, 0.6) is 0 Å². The van der Waals surface area contributed by atoms with Crippen molar-refractivity contribution in [3.63, 3.8) is 0 Å². The number of ether oxygens (including phenoxy) is 1. The summed E-state index contributed by atoms with van der Waals surface area (Å²) in [6.07, 6.45) is 6.05. The number of methoxy groups -OCH3 is 1. The number of nitrogens with zero attached hydrogens (tertiary/aromatic N) is 2. The molecular formula is C16H26N2O4. The van der Waals surface area contributed by atoms with E-state index in [9.17, 15) is 9.59 Å². The highest BCUT2D eigenvalue weighted by molar-refractivity contribution is 5.86. The molecule has 1 aromatic rings. The van der Waals surface area contributed by atoms with Gasteiger partial charge in [-0.2, -0.15) is 0 Å². The molecule has 0 bridgehead atoms. The van der Waals surface area contributed by atoms with Crippen LogP contribution >= 0.6 is 0 Å². The van der Waals surface area contributed by atoms with Gasteiger partial charge in [0.15, 0.2) is 5.69 Å². The van der Waals surface area contributed by atoms with Crippen molar-refractivity contribution >= 4 is 11.9 Å². The lowest BCUT2D eigenvalue weighted by atomic mass is 10.1. The predicted molar refractivity (Wildman–Crippen MR) is 82.3 cm³/mol. The highest BCUT2D eigenvalue weighted by Gasteiger charge is 2.20. The van der Waals surface area contributed by atoms with Crippen LogP contribution in [0.2, 0.25) is 0 Å². The fourth-order valence-corrected chi connectivity index (χ4v) is 2.13. The summed E-state index contributed by atoms with van der Waals surface area (Å²) in [6.45, 7) is 6.31. The molecule has 1 amide bonds. The zero-order valence-corrected chi connectivity index (χ0v) is 13.9. The summed E-state index contributed by atoms with van der Waals surface area (Å²) in [5.74, 6) is -0.114. The molecule has 0 aromatic carbocycles. The lowest BCUT2D eigenvalue weighted by molar-refractivity contribution is -0.134. The lowest BCUT2D eigenvalue weighted by Crippen LogP contribution is -2.36. The van der Waals surface area contributed by atoms with E-state index in [2.05, 4.69) is 16.6 Å². The van der Waals surface area contributed by atoms with Gasteiger partial charge in [-0.3, -0.25) is 4.79 Å². The van der Waals surface area contributed by atoms with Gasteiger partial charge in [0.25, 0.3) is 0 Å². The number of carbonyl (C=O) groups is 2. The minimum absolute atomic E-state index is 0.0483. The molecular weight excluding hydrogens is 284 g/mol. The Morgan fingerprint density at radius 2 is 2.05 bits per heavy atom. The van der Waals surface area contributed by atoms with Crippen LogP contribution in [0.1, 0.15) is 69.3 Å². The Hall–Kier alpha value is -1.85. The van der Waals surface area contributed by atoms with Crippen LogP contribution in [0, 0.1) is 0 Å². The van der Waals surface area contributed by atoms with Gasteiger partial charge in [-0.05, 0) is 20.3 Å². The van der Waals surface area contributed by atoms with Crippen LogP contribution in [0.15, 0.2) is 10.7 Å². The maximum absolute atomic E-state index is 12.3. The van der Waals surface area contributed by atoms with E-state index < -0.39 is 5.97 Å². The normalized spacial score (nSPS) is 10.8. The molecule has 22 heavy (non-hydrogen) atoms. The zero-order valence-electron chi connectivity index (χ0n) is 13.9. The minimum Gasteiger partial charge on any atom is -0.464 e. The summed E-state index contributed by atoms with van der Waals surface area (Å²) in [6, 6.07) is 0.0483. The molecule has 1 aromatic heterocycles. The van der Waals surface area contributed by atoms with Crippen LogP contribution in [-0.4, -0.2) is 34.9 Å². The second kappa shape index (κ2) is 9.23. The number of oxazole rings is 1. The first-order valence-electron chi connectivity index (χ1n) is 7.81. The standard InChI is InChI=1S/C16H26N2O4/c1-5-6-7-8-9-15(19)18(12(2)3)10-14-17-13(11-22-14)16(20)21-4/h11-12H,5-10H2,1-4H3. The van der Waals surface area contributed by atoms with Crippen LogP contribution in [0.4, 0.5) is 0 Å². The molecule has 0 atom stereocenters. The van der Waals surface area contributed by atoms with E-state index in [0.29, 0.717) is 12.3 Å². The van der Waals surface area contributed by atoms with E-state index in [-0.39, 0.29) is 24.2 Å². The maximum atomic E-state index is 12.3. The van der Waals surface area contributed by atoms with Gasteiger partial charge in [0.1, 0.15) is 6.26 Å². The Bertz CT molecular complexity index is 482. The molecule has 6 nitrogen and oxygen atoms in total. The molecule has 0 aliphatic rings. The summed E-state index contributed by atoms with van der Waals surface area (Å²) >= 11 is 0. The molecule has 0 unspecified atom stereocenters. The number of esters is 1. The SMILES string of the molecule is CCCCCCC(=O)N(Cc1nc(C(=O)OC)co1)C(C)C. The molecule has 0 spiro atoms. The quantitative estimate of drug-likeness (QED) is 0.517. The monoisotopic (exact) mass is 310 g/mol. The Labute approximate surface area is 131 Å². The number of amides is 1. The van der Waals surface area contributed by atoms with Crippen molar-refractivity contribution in [2.24, 2.45) is 0 Å². The highest BCUT2D eigenvalue weighted by atomic mass is 16.5. The topological polar surface area (TPSA) is 72.6 Å². The van der Waals surface area contributed by atoms with Crippen LogP contribution in [-0.2, 0) is 16.1 Å². The maximum Gasteiger partial charge on any atom is 0.360 e. The van der Waals surface area contributed by atoms with Crippen molar-refractivity contribution in [3.05, 3.63) is 17.8 Å². The van der Waals surface area contributed by atoms with Crippen molar-refractivity contribution in [1.82, 2.24) is 9.88 Å².